The molecule has 0 aliphatic carbocycles. The highest BCUT2D eigenvalue weighted by Crippen LogP contribution is 2.28. The number of benzene rings is 2. The molecule has 0 aromatic heterocycles. The molecule has 0 aliphatic heterocycles. The van der Waals surface area contributed by atoms with Crippen LogP contribution in [0.5, 0.6) is 0 Å². The molecule has 10 heteroatoms. The van der Waals surface area contributed by atoms with Gasteiger partial charge in [0.2, 0.25) is 0 Å². The Bertz CT molecular complexity index is 846. The van der Waals surface area contributed by atoms with Gasteiger partial charge < -0.3 is 42.8 Å². The first-order valence-corrected chi connectivity index (χ1v) is 13.8. The van der Waals surface area contributed by atoms with Crippen molar-refractivity contribution in [3.63, 3.8) is 0 Å². The van der Waals surface area contributed by atoms with Crippen molar-refractivity contribution in [1.29, 1.82) is 0 Å². The molecule has 10 nitrogen and oxygen atoms in total. The van der Waals surface area contributed by atoms with Crippen LogP contribution in [0.25, 0.3) is 0 Å². The van der Waals surface area contributed by atoms with Gasteiger partial charge in [0.25, 0.3) is 0 Å². The van der Waals surface area contributed by atoms with E-state index in [0.717, 1.165) is 42.3 Å². The third kappa shape index (κ3) is 21.6. The summed E-state index contributed by atoms with van der Waals surface area (Å²) < 4.78 is 0. The molecule has 0 saturated heterocycles. The van der Waals surface area contributed by atoms with E-state index in [9.17, 15) is 0 Å². The van der Waals surface area contributed by atoms with Gasteiger partial charge in [-0.05, 0) is 86.5 Å². The highest BCUT2D eigenvalue weighted by molar-refractivity contribution is 5.54. The van der Waals surface area contributed by atoms with Crippen molar-refractivity contribution in [2.75, 3.05) is 76.9 Å². The minimum atomic E-state index is 0.238. The van der Waals surface area contributed by atoms with E-state index in [0.29, 0.717) is 5.92 Å². The highest BCUT2D eigenvalue weighted by atomic mass is 15.3. The Kier molecular flexibility index (Phi) is 25.2. The normalized spacial score (nSPS) is 10.8. The molecular weight excluding hydrogens is 500 g/mol. The predicted molar refractivity (Wildman–Crippen MR) is 179 cm³/mol. The second-order valence-corrected chi connectivity index (χ2v) is 9.74. The first-order chi connectivity index (χ1) is 19.2. The molecule has 11 N–H and O–H groups in total. The van der Waals surface area contributed by atoms with Crippen LogP contribution in [0.2, 0.25) is 0 Å². The Morgan fingerprint density at radius 2 is 1.30 bits per heavy atom. The van der Waals surface area contributed by atoms with Gasteiger partial charge in [0.05, 0.1) is 13.2 Å². The van der Waals surface area contributed by atoms with E-state index in [1.165, 1.54) is 13.5 Å². The molecule has 0 heterocycles. The molecule has 40 heavy (non-hydrogen) atoms. The van der Waals surface area contributed by atoms with Gasteiger partial charge in [-0.2, -0.15) is 0 Å². The van der Waals surface area contributed by atoms with E-state index in [4.69, 9.17) is 0 Å². The van der Waals surface area contributed by atoms with Crippen molar-refractivity contribution in [2.45, 2.75) is 33.6 Å². The van der Waals surface area contributed by atoms with Crippen LogP contribution < -0.4 is 48.7 Å². The lowest BCUT2D eigenvalue weighted by atomic mass is 9.82. The van der Waals surface area contributed by atoms with Crippen molar-refractivity contribution in [2.24, 2.45) is 22.1 Å². The van der Waals surface area contributed by atoms with Crippen LogP contribution in [0.1, 0.15) is 33.6 Å². The maximum atomic E-state index is 4.50. The van der Waals surface area contributed by atoms with Gasteiger partial charge in [-0.3, -0.25) is 0 Å². The second kappa shape index (κ2) is 25.9. The molecule has 228 valence electrons. The number of anilines is 4. The minimum Gasteiger partial charge on any atom is -0.390 e. The van der Waals surface area contributed by atoms with Gasteiger partial charge in [-0.15, -0.1) is 0 Å². The Morgan fingerprint density at radius 1 is 0.875 bits per heavy atom. The van der Waals surface area contributed by atoms with Gasteiger partial charge in [0.1, 0.15) is 6.20 Å². The number of nitrogens with two attached hydrogens (primary N) is 2. The molecule has 2 rings (SSSR count). The Morgan fingerprint density at radius 3 is 1.68 bits per heavy atom. The topological polar surface area (TPSA) is 139 Å². The number of nitrogens with zero attached hydrogens (tertiary/aromatic N) is 1. The fourth-order valence-corrected chi connectivity index (χ4v) is 3.75. The van der Waals surface area contributed by atoms with Gasteiger partial charge in [-0.25, -0.2) is 10.9 Å². The van der Waals surface area contributed by atoms with E-state index in [-0.39, 0.29) is 5.41 Å². The zero-order chi connectivity index (χ0) is 30.7. The largest absolute Gasteiger partial charge is 0.390 e. The first kappa shape index (κ1) is 38.8. The van der Waals surface area contributed by atoms with Gasteiger partial charge in [0.15, 0.2) is 0 Å². The Balaban J connectivity index is 0. The first-order valence-electron chi connectivity index (χ1n) is 13.8. The molecule has 0 radical (unpaired) electrons. The molecule has 2 aromatic rings. The third-order valence-electron chi connectivity index (χ3n) is 5.40. The maximum absolute atomic E-state index is 4.50. The van der Waals surface area contributed by atoms with Gasteiger partial charge in [0, 0.05) is 64.0 Å². The molecule has 0 amide bonds. The SMILES string of the molecule is C=NC.CN.CN/C=C\[NH2+]C.CNNc1ccc(NCCC(C)CC(C)(C)CNc2ccc(NNC)cc2)cc1. The Hall–Kier alpha value is -3.31. The zero-order valence-electron chi connectivity index (χ0n) is 26.5. The summed E-state index contributed by atoms with van der Waals surface area (Å²) in [5.41, 5.74) is 21.2. The molecule has 0 bridgehead atoms. The van der Waals surface area contributed by atoms with Gasteiger partial charge in [-0.1, -0.05) is 20.8 Å². The number of hydrazine groups is 2. The lowest BCUT2D eigenvalue weighted by Gasteiger charge is -2.29. The van der Waals surface area contributed by atoms with Crippen LogP contribution in [0.3, 0.4) is 0 Å². The van der Waals surface area contributed by atoms with Crippen LogP contribution in [-0.2, 0) is 0 Å². The summed E-state index contributed by atoms with van der Waals surface area (Å²) in [7, 11) is 10.7. The summed E-state index contributed by atoms with van der Waals surface area (Å²) in [6, 6.07) is 16.7. The summed E-state index contributed by atoms with van der Waals surface area (Å²) in [6.07, 6.45) is 6.16. The van der Waals surface area contributed by atoms with Crippen LogP contribution in [0.4, 0.5) is 22.7 Å². The third-order valence-corrected chi connectivity index (χ3v) is 5.40. The summed E-state index contributed by atoms with van der Waals surface area (Å²) in [5, 5.41) is 11.9. The van der Waals surface area contributed by atoms with Crippen molar-refractivity contribution in [3.05, 3.63) is 60.9 Å². The summed E-state index contributed by atoms with van der Waals surface area (Å²) in [4.78, 5) is 3.25. The van der Waals surface area contributed by atoms with E-state index in [2.05, 4.69) is 124 Å². The molecule has 0 aliphatic rings. The van der Waals surface area contributed by atoms with Crippen molar-refractivity contribution in [3.8, 4) is 0 Å². The van der Waals surface area contributed by atoms with Crippen LogP contribution in [0, 0.1) is 11.3 Å². The number of quaternary nitrogens is 1. The van der Waals surface area contributed by atoms with E-state index in [1.807, 2.05) is 45.9 Å². The maximum Gasteiger partial charge on any atom is 0.108 e. The summed E-state index contributed by atoms with van der Waals surface area (Å²) in [6.45, 7) is 12.1. The Labute approximate surface area is 244 Å². The lowest BCUT2D eigenvalue weighted by molar-refractivity contribution is -0.556. The van der Waals surface area contributed by atoms with Crippen LogP contribution in [0.15, 0.2) is 65.9 Å². The van der Waals surface area contributed by atoms with E-state index < -0.39 is 0 Å². The quantitative estimate of drug-likeness (QED) is 0.119. The number of rotatable bonds is 15. The fraction of sp³-hybridized carbons (Fsp3) is 0.500. The molecular formula is C30H59N10+. The summed E-state index contributed by atoms with van der Waals surface area (Å²) in [5.74, 6) is 0.659. The van der Waals surface area contributed by atoms with Crippen LogP contribution >= 0.6 is 0 Å². The highest BCUT2D eigenvalue weighted by Gasteiger charge is 2.21. The van der Waals surface area contributed by atoms with Gasteiger partial charge >= 0.3 is 0 Å². The average molecular weight is 560 g/mol. The molecule has 1 unspecified atom stereocenters. The second-order valence-electron chi connectivity index (χ2n) is 9.74. The predicted octanol–water partition coefficient (Wildman–Crippen LogP) is 3.51. The molecule has 2 aromatic carbocycles. The fourth-order valence-electron chi connectivity index (χ4n) is 3.75. The average Bonchev–Trinajstić information content (AvgIpc) is 2.94. The lowest BCUT2D eigenvalue weighted by Crippen LogP contribution is -2.72. The van der Waals surface area contributed by atoms with Crippen molar-refractivity contribution >= 4 is 29.5 Å². The van der Waals surface area contributed by atoms with Crippen molar-refractivity contribution in [1.82, 2.24) is 16.2 Å². The number of nitrogens with one attached hydrogen (secondary N) is 7. The minimum absolute atomic E-state index is 0.238. The number of aliphatic imine (C=N–C) groups is 1. The smallest absolute Gasteiger partial charge is 0.108 e. The summed E-state index contributed by atoms with van der Waals surface area (Å²) >= 11 is 0. The zero-order valence-corrected chi connectivity index (χ0v) is 26.5. The van der Waals surface area contributed by atoms with E-state index in [1.54, 1.807) is 7.05 Å². The monoisotopic (exact) mass is 559 g/mol. The number of hydrogen-bond acceptors (Lipinski definition) is 9. The standard InChI is InChI=1S/C23H38N6.C4H10N2.C2H5N.CH5N/c1-18(14-15-26-19-6-10-21(11-7-19)28-24-4)16-23(2,3)17-27-20-8-12-22(13-9-20)29-25-5;1-5-3-4-6-2;1-3-2;1-2/h6-13,18,24-29H,14-17H2,1-5H3;3-6H,1-2H3;1H2,2H3;2H2,1H3/p+1/b;4-3-;;. The molecule has 0 spiro atoms. The van der Waals surface area contributed by atoms with E-state index >= 15 is 0 Å². The van der Waals surface area contributed by atoms with Crippen LogP contribution in [-0.4, -0.2) is 62.1 Å². The molecule has 0 saturated carbocycles. The number of hydrogen-bond donors (Lipinski definition) is 9. The molecule has 0 fully saturated rings. The van der Waals surface area contributed by atoms with Crippen molar-refractivity contribution < 1.29 is 5.32 Å². The molecule has 1 atom stereocenters.